The zero-order chi connectivity index (χ0) is 33.1. The molecule has 0 aliphatic carbocycles. The van der Waals surface area contributed by atoms with Gasteiger partial charge in [-0.25, -0.2) is 0 Å². The lowest BCUT2D eigenvalue weighted by molar-refractivity contribution is 0.855. The molecular formula is C38H86Si6. The maximum Gasteiger partial charge on any atom is 0.0451 e. The highest BCUT2D eigenvalue weighted by Gasteiger charge is 2.88. The first-order valence-electron chi connectivity index (χ1n) is 21.2. The molecule has 0 N–H and O–H groups in total. The largest absolute Gasteiger partial charge is 0.0657 e. The molecule has 262 valence electrons. The predicted molar refractivity (Wildman–Crippen MR) is 223 cm³/mol. The third-order valence-corrected chi connectivity index (χ3v) is 106. The molecule has 3 rings (SSSR count). The zero-order valence-corrected chi connectivity index (χ0v) is 39.1. The van der Waals surface area contributed by atoms with Gasteiger partial charge < -0.3 is 0 Å². The smallest absolute Gasteiger partial charge is 0.0451 e. The van der Waals surface area contributed by atoms with Crippen LogP contribution in [0.2, 0.25) is 82.1 Å². The highest BCUT2D eigenvalue weighted by atomic mass is 29.4. The van der Waals surface area contributed by atoms with Crippen LogP contribution >= 0.6 is 0 Å². The van der Waals surface area contributed by atoms with Crippen LogP contribution in [0.4, 0.5) is 0 Å². The molecule has 0 aromatic heterocycles. The molecule has 0 spiro atoms. The van der Waals surface area contributed by atoms with Crippen LogP contribution in [0.1, 0.15) is 160 Å². The third-order valence-electron chi connectivity index (χ3n) is 14.6. The molecule has 0 atom stereocenters. The summed E-state index contributed by atoms with van der Waals surface area (Å²) in [7, 11) is -8.79. The molecule has 0 aromatic carbocycles. The van der Waals surface area contributed by atoms with Crippen LogP contribution in [-0.4, -0.2) is 45.5 Å². The van der Waals surface area contributed by atoms with Crippen LogP contribution < -0.4 is 0 Å². The summed E-state index contributed by atoms with van der Waals surface area (Å²) in [5.41, 5.74) is 0. The molecule has 44 heavy (non-hydrogen) atoms. The summed E-state index contributed by atoms with van der Waals surface area (Å²) in [4.78, 5) is 2.96. The van der Waals surface area contributed by atoms with E-state index in [4.69, 9.17) is 0 Å². The Morgan fingerprint density at radius 3 is 0.364 bits per heavy atom. The van der Waals surface area contributed by atoms with E-state index < -0.39 is 45.5 Å². The number of hydrogen-bond donors (Lipinski definition) is 0. The summed E-state index contributed by atoms with van der Waals surface area (Å²) >= 11 is 0. The van der Waals surface area contributed by atoms with Crippen molar-refractivity contribution >= 4 is 45.5 Å². The van der Waals surface area contributed by atoms with Crippen molar-refractivity contribution in [3.63, 3.8) is 0 Å². The van der Waals surface area contributed by atoms with Gasteiger partial charge in [-0.15, -0.1) is 0 Å². The molecule has 3 aliphatic heterocycles. The van der Waals surface area contributed by atoms with Crippen molar-refractivity contribution in [2.75, 3.05) is 0 Å². The third kappa shape index (κ3) is 6.14. The van der Waals surface area contributed by atoms with Crippen molar-refractivity contribution < 1.29 is 0 Å². The van der Waals surface area contributed by atoms with Crippen molar-refractivity contribution in [1.29, 1.82) is 0 Å². The van der Waals surface area contributed by atoms with Gasteiger partial charge in [0.2, 0.25) is 0 Å². The molecule has 2 bridgehead atoms. The minimum atomic E-state index is -1.47. The van der Waals surface area contributed by atoms with E-state index in [1.54, 1.807) is 77.0 Å². The topological polar surface area (TPSA) is 0 Å². The van der Waals surface area contributed by atoms with E-state index in [0.717, 1.165) is 0 Å². The Bertz CT molecular complexity index is 605. The van der Waals surface area contributed by atoms with Crippen LogP contribution in [-0.2, 0) is 0 Å². The van der Waals surface area contributed by atoms with E-state index in [0.29, 0.717) is 0 Å². The van der Waals surface area contributed by atoms with E-state index >= 15 is 0 Å². The van der Waals surface area contributed by atoms with E-state index in [2.05, 4.69) is 83.1 Å². The fourth-order valence-electron chi connectivity index (χ4n) is 15.7. The van der Waals surface area contributed by atoms with Gasteiger partial charge in [0.15, 0.2) is 0 Å². The Kier molecular flexibility index (Phi) is 17.3. The molecule has 3 saturated heterocycles. The second-order valence-corrected chi connectivity index (χ2v) is 61.5. The van der Waals surface area contributed by atoms with Crippen LogP contribution in [0.5, 0.6) is 0 Å². The lowest BCUT2D eigenvalue weighted by atomic mass is 10.6. The van der Waals surface area contributed by atoms with Crippen LogP contribution in [0, 0.1) is 0 Å². The van der Waals surface area contributed by atoms with E-state index in [9.17, 15) is 0 Å². The summed E-state index contributed by atoms with van der Waals surface area (Å²) in [6.45, 7) is 32.3. The summed E-state index contributed by atoms with van der Waals surface area (Å²) in [5, 5.41) is 0. The second kappa shape index (κ2) is 18.3. The van der Waals surface area contributed by atoms with Gasteiger partial charge in [0, 0.05) is 45.5 Å². The zero-order valence-electron chi connectivity index (χ0n) is 33.1. The van der Waals surface area contributed by atoms with Crippen LogP contribution in [0.3, 0.4) is 0 Å². The number of rotatable bonds is 24. The number of hydrogen-bond acceptors (Lipinski definition) is 0. The van der Waals surface area contributed by atoms with Crippen molar-refractivity contribution in [3.8, 4) is 0 Å². The van der Waals surface area contributed by atoms with Gasteiger partial charge in [-0.1, -0.05) is 242 Å². The summed E-state index contributed by atoms with van der Waals surface area (Å²) < 4.78 is 0. The molecule has 3 heterocycles. The van der Waals surface area contributed by atoms with Gasteiger partial charge in [0.25, 0.3) is 0 Å². The minimum absolute atomic E-state index is 1.47. The quantitative estimate of drug-likeness (QED) is 0.0875. The average Bonchev–Trinajstić information content (AvgIpc) is 2.97. The summed E-state index contributed by atoms with van der Waals surface area (Å²) in [6.07, 6.45) is 18.6. The molecule has 6 heteroatoms. The van der Waals surface area contributed by atoms with E-state index in [1.165, 1.54) is 9.58 Å². The van der Waals surface area contributed by atoms with Crippen molar-refractivity contribution in [3.05, 3.63) is 0 Å². The molecule has 0 radical (unpaired) electrons. The predicted octanol–water partition coefficient (Wildman–Crippen LogP) is 14.8. The van der Waals surface area contributed by atoms with Crippen molar-refractivity contribution in [1.82, 2.24) is 0 Å². The molecule has 0 amide bonds. The van der Waals surface area contributed by atoms with E-state index in [1.807, 2.05) is 72.5 Å². The first-order valence-corrected chi connectivity index (χ1v) is 39.2. The molecule has 0 nitrogen and oxygen atoms in total. The van der Waals surface area contributed by atoms with Crippen LogP contribution in [0.15, 0.2) is 0 Å². The van der Waals surface area contributed by atoms with Gasteiger partial charge >= 0.3 is 0 Å². The van der Waals surface area contributed by atoms with Gasteiger partial charge in [-0.3, -0.25) is 0 Å². The highest BCUT2D eigenvalue weighted by Crippen LogP contribution is 2.78. The molecule has 0 saturated carbocycles. The lowest BCUT2D eigenvalue weighted by Crippen LogP contribution is -3.01. The van der Waals surface area contributed by atoms with Crippen molar-refractivity contribution in [2.45, 2.75) is 242 Å². The fourth-order valence-corrected chi connectivity index (χ4v) is 183. The Morgan fingerprint density at radius 1 is 0.205 bits per heavy atom. The van der Waals surface area contributed by atoms with Gasteiger partial charge in [0.05, 0.1) is 0 Å². The molecular weight excluding hydrogens is 625 g/mol. The second-order valence-electron chi connectivity index (χ2n) is 16.8. The maximum atomic E-state index is 2.70. The Morgan fingerprint density at radius 2 is 0.295 bits per heavy atom. The van der Waals surface area contributed by atoms with Gasteiger partial charge in [-0.05, 0) is 0 Å². The minimum Gasteiger partial charge on any atom is -0.0657 e. The first-order chi connectivity index (χ1) is 21.2. The fraction of sp³-hybridized carbons (Fsp3) is 1.00. The Labute approximate surface area is 286 Å². The van der Waals surface area contributed by atoms with Crippen LogP contribution in [0.25, 0.3) is 0 Å². The first kappa shape index (κ1) is 41.5. The lowest BCUT2D eigenvalue weighted by Gasteiger charge is -2.86. The molecule has 3 fully saturated rings. The Hall–Kier alpha value is 1.30. The van der Waals surface area contributed by atoms with Crippen molar-refractivity contribution in [2.24, 2.45) is 0 Å². The maximum absolute atomic E-state index is 2.70. The monoisotopic (exact) mass is 711 g/mol. The van der Waals surface area contributed by atoms with E-state index in [-0.39, 0.29) is 0 Å². The van der Waals surface area contributed by atoms with Gasteiger partial charge in [0.1, 0.15) is 0 Å². The summed E-state index contributed by atoms with van der Waals surface area (Å²) in [5.74, 6) is 0. The Balaban J connectivity index is 3.56. The summed E-state index contributed by atoms with van der Waals surface area (Å²) in [6, 6.07) is 21.7. The standard InChI is InChI=1S/C38H86Si6/c1-13-25-39(26-14-2)37-41(29-17-5,30-18-6)43(33-21-9,34-22-10)38(40(39,27-15-3)28-16-4)44(35-23-11,36-24-12)42(37,31-19-7)32-20-8/h37-38H,13-36H2,1-12H3. The number of fused-ring (bicyclic) bond motifs is 3. The normalized spacial score (nSPS) is 25.4. The SMILES string of the molecule is CCC[Si]1(CCC)C2[Si](CCC)(CCC)[Si](CCC)(CCC)C([Si]1(CCC)CCC)[Si](CCC)(CCC)[Si]2(CCC)CCC. The average molecular weight is 712 g/mol. The molecule has 0 aromatic rings. The molecule has 3 aliphatic rings. The molecule has 0 unspecified atom stereocenters. The highest BCUT2D eigenvalue weighted by molar-refractivity contribution is 7.77. The van der Waals surface area contributed by atoms with Gasteiger partial charge in [-0.2, -0.15) is 0 Å².